The average Bonchev–Trinajstić information content (AvgIpc) is 3.22. The molecule has 116 valence electrons. The van der Waals surface area contributed by atoms with Gasteiger partial charge in [-0.1, -0.05) is 20.8 Å². The van der Waals surface area contributed by atoms with Crippen molar-refractivity contribution in [2.75, 3.05) is 6.54 Å². The summed E-state index contributed by atoms with van der Waals surface area (Å²) in [5.41, 5.74) is 6.10. The van der Waals surface area contributed by atoms with E-state index in [0.29, 0.717) is 17.9 Å². The van der Waals surface area contributed by atoms with Crippen molar-refractivity contribution < 1.29 is 4.79 Å². The lowest BCUT2D eigenvalue weighted by molar-refractivity contribution is -0.128. The van der Waals surface area contributed by atoms with Crippen LogP contribution in [0.5, 0.6) is 0 Å². The number of hydrogen-bond donors (Lipinski definition) is 2. The summed E-state index contributed by atoms with van der Waals surface area (Å²) >= 11 is 0. The van der Waals surface area contributed by atoms with Gasteiger partial charge in [0, 0.05) is 12.5 Å². The van der Waals surface area contributed by atoms with Gasteiger partial charge < -0.3 is 11.1 Å². The highest BCUT2D eigenvalue weighted by molar-refractivity contribution is 5.79. The van der Waals surface area contributed by atoms with Crippen LogP contribution in [0.4, 0.5) is 0 Å². The van der Waals surface area contributed by atoms with E-state index in [1.165, 1.54) is 25.7 Å². The number of nitrogens with one attached hydrogen (secondary N) is 1. The Bertz CT molecular complexity index is 348. The van der Waals surface area contributed by atoms with Crippen LogP contribution in [-0.4, -0.2) is 18.0 Å². The zero-order valence-corrected chi connectivity index (χ0v) is 13.7. The Balaban J connectivity index is 1.86. The highest BCUT2D eigenvalue weighted by Crippen LogP contribution is 2.41. The summed E-state index contributed by atoms with van der Waals surface area (Å²) in [5.74, 6) is 1.81. The smallest absolute Gasteiger partial charge is 0.223 e. The summed E-state index contributed by atoms with van der Waals surface area (Å²) in [6.45, 7) is 9.62. The van der Waals surface area contributed by atoms with Crippen LogP contribution in [0.1, 0.15) is 66.2 Å². The number of amides is 1. The van der Waals surface area contributed by atoms with Crippen molar-refractivity contribution in [1.82, 2.24) is 5.32 Å². The van der Waals surface area contributed by atoms with Gasteiger partial charge in [0.15, 0.2) is 0 Å². The molecule has 0 saturated heterocycles. The van der Waals surface area contributed by atoms with E-state index in [0.717, 1.165) is 18.8 Å². The van der Waals surface area contributed by atoms with Crippen molar-refractivity contribution in [3.8, 4) is 0 Å². The van der Waals surface area contributed by atoms with Gasteiger partial charge in [0.05, 0.1) is 5.54 Å². The lowest BCUT2D eigenvalue weighted by Crippen LogP contribution is -2.55. The van der Waals surface area contributed by atoms with Crippen molar-refractivity contribution in [3.05, 3.63) is 0 Å². The number of hydrogen-bond acceptors (Lipinski definition) is 2. The fraction of sp³-hybridized carbons (Fsp3) is 0.941. The third-order valence-corrected chi connectivity index (χ3v) is 5.63. The van der Waals surface area contributed by atoms with Gasteiger partial charge in [-0.15, -0.1) is 0 Å². The molecule has 0 spiro atoms. The molecule has 0 radical (unpaired) electrons. The minimum Gasteiger partial charge on any atom is -0.349 e. The molecule has 0 bridgehead atoms. The largest absolute Gasteiger partial charge is 0.349 e. The van der Waals surface area contributed by atoms with E-state index in [9.17, 15) is 4.79 Å². The normalized spacial score (nSPS) is 30.6. The molecule has 1 amide bonds. The van der Waals surface area contributed by atoms with Crippen LogP contribution in [0.25, 0.3) is 0 Å². The molecule has 1 unspecified atom stereocenters. The molecule has 2 aliphatic rings. The number of carbonyl (C=O) groups is 1. The minimum absolute atomic E-state index is 0.169. The molecular weight excluding hydrogens is 248 g/mol. The van der Waals surface area contributed by atoms with Crippen LogP contribution in [-0.2, 0) is 4.79 Å². The zero-order valence-electron chi connectivity index (χ0n) is 13.7. The van der Waals surface area contributed by atoms with Gasteiger partial charge in [-0.05, 0) is 62.7 Å². The summed E-state index contributed by atoms with van der Waals surface area (Å²) in [5, 5.41) is 3.26. The van der Waals surface area contributed by atoms with E-state index in [2.05, 4.69) is 33.0 Å². The molecule has 0 heterocycles. The third kappa shape index (κ3) is 3.55. The summed E-state index contributed by atoms with van der Waals surface area (Å²) in [4.78, 5) is 12.5. The highest BCUT2D eigenvalue weighted by Gasteiger charge is 2.43. The van der Waals surface area contributed by atoms with Gasteiger partial charge >= 0.3 is 0 Å². The first-order valence-electron chi connectivity index (χ1n) is 8.28. The molecule has 3 heteroatoms. The van der Waals surface area contributed by atoms with Crippen LogP contribution < -0.4 is 11.1 Å². The summed E-state index contributed by atoms with van der Waals surface area (Å²) in [7, 11) is 0. The van der Waals surface area contributed by atoms with Gasteiger partial charge in [-0.2, -0.15) is 0 Å². The van der Waals surface area contributed by atoms with Crippen LogP contribution in [0.2, 0.25) is 0 Å². The number of nitrogens with two attached hydrogens (primary N) is 1. The summed E-state index contributed by atoms with van der Waals surface area (Å²) in [6, 6.07) is 0. The van der Waals surface area contributed by atoms with Gasteiger partial charge in [0.2, 0.25) is 5.91 Å². The van der Waals surface area contributed by atoms with Gasteiger partial charge in [0.25, 0.3) is 0 Å². The molecule has 3 N–H and O–H groups in total. The molecule has 2 fully saturated rings. The Kier molecular flexibility index (Phi) is 4.48. The third-order valence-electron chi connectivity index (χ3n) is 5.63. The topological polar surface area (TPSA) is 55.1 Å². The predicted octanol–water partition coefficient (Wildman–Crippen LogP) is 3.08. The standard InChI is InChI=1S/C17H32N2O/c1-16(2,3)13-7-5-12(6-8-13)15(20)19-17(4,11-18)14-9-10-14/h12-14H,5-11,18H2,1-4H3,(H,19,20). The molecular formula is C17H32N2O. The monoisotopic (exact) mass is 280 g/mol. The SMILES string of the molecule is CC(C)(C)C1CCC(C(=O)NC(C)(CN)C2CC2)CC1. The molecule has 0 aliphatic heterocycles. The summed E-state index contributed by atoms with van der Waals surface area (Å²) < 4.78 is 0. The van der Waals surface area contributed by atoms with Crippen LogP contribution in [0.3, 0.4) is 0 Å². The lowest BCUT2D eigenvalue weighted by Gasteiger charge is -2.38. The molecule has 0 aromatic heterocycles. The second-order valence-corrected chi connectivity index (χ2v) is 8.30. The van der Waals surface area contributed by atoms with Crippen molar-refractivity contribution in [3.63, 3.8) is 0 Å². The molecule has 2 aliphatic carbocycles. The quantitative estimate of drug-likeness (QED) is 0.831. The first-order valence-corrected chi connectivity index (χ1v) is 8.28. The van der Waals surface area contributed by atoms with Crippen molar-refractivity contribution in [2.45, 2.75) is 71.8 Å². The molecule has 2 rings (SSSR count). The Morgan fingerprint density at radius 3 is 1.90 bits per heavy atom. The Morgan fingerprint density at radius 2 is 1.50 bits per heavy atom. The molecule has 3 nitrogen and oxygen atoms in total. The Hall–Kier alpha value is -0.570. The van der Waals surface area contributed by atoms with Crippen LogP contribution in [0.15, 0.2) is 0 Å². The molecule has 0 aromatic rings. The predicted molar refractivity (Wildman–Crippen MR) is 83.2 cm³/mol. The van der Waals surface area contributed by atoms with E-state index in [1.807, 2.05) is 0 Å². The maximum Gasteiger partial charge on any atom is 0.223 e. The first-order chi connectivity index (χ1) is 9.26. The maximum atomic E-state index is 12.5. The second-order valence-electron chi connectivity index (χ2n) is 8.30. The molecule has 2 saturated carbocycles. The van der Waals surface area contributed by atoms with E-state index in [1.54, 1.807) is 0 Å². The van der Waals surface area contributed by atoms with Gasteiger partial charge in [-0.3, -0.25) is 4.79 Å². The Morgan fingerprint density at radius 1 is 1.00 bits per heavy atom. The van der Waals surface area contributed by atoms with Crippen molar-refractivity contribution in [1.29, 1.82) is 0 Å². The molecule has 0 aromatic carbocycles. The number of rotatable bonds is 4. The van der Waals surface area contributed by atoms with E-state index >= 15 is 0 Å². The van der Waals surface area contributed by atoms with E-state index in [4.69, 9.17) is 5.73 Å². The average molecular weight is 280 g/mol. The van der Waals surface area contributed by atoms with Gasteiger partial charge in [0.1, 0.15) is 0 Å². The minimum atomic E-state index is -0.169. The fourth-order valence-electron chi connectivity index (χ4n) is 3.65. The second kappa shape index (κ2) is 5.67. The van der Waals surface area contributed by atoms with Crippen LogP contribution >= 0.6 is 0 Å². The van der Waals surface area contributed by atoms with Crippen molar-refractivity contribution >= 4 is 5.91 Å². The Labute approximate surface area is 124 Å². The first kappa shape index (κ1) is 15.8. The highest BCUT2D eigenvalue weighted by atomic mass is 16.2. The van der Waals surface area contributed by atoms with Gasteiger partial charge in [-0.25, -0.2) is 0 Å². The lowest BCUT2D eigenvalue weighted by atomic mass is 9.69. The zero-order chi connectivity index (χ0) is 15.0. The molecule has 20 heavy (non-hydrogen) atoms. The number of carbonyl (C=O) groups excluding carboxylic acids is 1. The van der Waals surface area contributed by atoms with Crippen LogP contribution in [0, 0.1) is 23.2 Å². The summed E-state index contributed by atoms with van der Waals surface area (Å²) in [6.07, 6.45) is 6.88. The van der Waals surface area contributed by atoms with Crippen molar-refractivity contribution in [2.24, 2.45) is 28.9 Å². The van der Waals surface area contributed by atoms with E-state index in [-0.39, 0.29) is 17.4 Å². The van der Waals surface area contributed by atoms with E-state index < -0.39 is 0 Å². The fourth-order valence-corrected chi connectivity index (χ4v) is 3.65. The maximum absolute atomic E-state index is 12.5. The molecule has 1 atom stereocenters.